The first kappa shape index (κ1) is 23.0. The standard InChI is InChI=1S/C22H26N2O7S/c1-20(29,12-25)17(26)22-19(28)23-21(30,18(27)24-22)15(8-9-31-22)11-32-16-7-6-13-4-2-3-5-14(13)10-16/h2-7,10,15,17,25-26,29-30H,8-9,11-12H2,1H3,(H,23,28)(H,24,27)/t15?,17-,20-,21+,22-/m0/s1. The highest BCUT2D eigenvalue weighted by Crippen LogP contribution is 2.36. The highest BCUT2D eigenvalue weighted by Gasteiger charge is 2.64. The quantitative estimate of drug-likeness (QED) is 0.321. The molecule has 32 heavy (non-hydrogen) atoms. The zero-order valence-corrected chi connectivity index (χ0v) is 18.3. The number of rotatable bonds is 6. The van der Waals surface area contributed by atoms with Gasteiger partial charge in [0.2, 0.25) is 5.72 Å². The third kappa shape index (κ3) is 3.76. The first-order chi connectivity index (χ1) is 15.1. The SMILES string of the molecule is C[C@](O)(CO)[C@H](O)[C@@]12NC(=O)[C@@](O)(NC1=O)C(CSc1ccc3ccccc3c1)CCO2. The number of piperazine rings is 1. The highest BCUT2D eigenvalue weighted by atomic mass is 32.2. The minimum atomic E-state index is -2.33. The van der Waals surface area contributed by atoms with E-state index in [0.29, 0.717) is 5.75 Å². The van der Waals surface area contributed by atoms with Crippen LogP contribution in [-0.4, -0.2) is 74.4 Å². The van der Waals surface area contributed by atoms with Gasteiger partial charge in [-0.05, 0) is 36.2 Å². The van der Waals surface area contributed by atoms with Gasteiger partial charge < -0.3 is 35.8 Å². The molecule has 3 heterocycles. The molecular formula is C22H26N2O7S. The van der Waals surface area contributed by atoms with E-state index in [9.17, 15) is 30.0 Å². The molecule has 10 heteroatoms. The lowest BCUT2D eigenvalue weighted by atomic mass is 9.83. The van der Waals surface area contributed by atoms with Crippen LogP contribution in [0.1, 0.15) is 13.3 Å². The number of carbonyl (C=O) groups excluding carboxylic acids is 2. The summed E-state index contributed by atoms with van der Waals surface area (Å²) in [7, 11) is 0. The van der Waals surface area contributed by atoms with Crippen molar-refractivity contribution in [2.24, 2.45) is 5.92 Å². The molecule has 2 amide bonds. The molecule has 1 unspecified atom stereocenters. The fourth-order valence-electron chi connectivity index (χ4n) is 4.06. The van der Waals surface area contributed by atoms with E-state index in [1.165, 1.54) is 11.8 Å². The smallest absolute Gasteiger partial charge is 0.278 e. The maximum Gasteiger partial charge on any atom is 0.278 e. The van der Waals surface area contributed by atoms with Crippen molar-refractivity contribution in [3.8, 4) is 0 Å². The molecule has 2 aromatic carbocycles. The van der Waals surface area contributed by atoms with E-state index >= 15 is 0 Å². The molecule has 9 nitrogen and oxygen atoms in total. The Hall–Kier alpha value is -2.21. The largest absolute Gasteiger partial charge is 0.393 e. The third-order valence-corrected chi connectivity index (χ3v) is 7.30. The predicted octanol–water partition coefficient (Wildman–Crippen LogP) is -0.296. The van der Waals surface area contributed by atoms with E-state index in [-0.39, 0.29) is 13.0 Å². The van der Waals surface area contributed by atoms with E-state index in [0.717, 1.165) is 22.6 Å². The second-order valence-corrected chi connectivity index (χ2v) is 9.58. The average Bonchev–Trinajstić information content (AvgIpc) is 2.77. The number of carbonyl (C=O) groups is 2. The van der Waals surface area contributed by atoms with Gasteiger partial charge in [-0.1, -0.05) is 30.3 Å². The Balaban J connectivity index is 1.55. The normalized spacial score (nSPS) is 30.7. The monoisotopic (exact) mass is 462 g/mol. The zero-order chi connectivity index (χ0) is 23.1. The molecular weight excluding hydrogens is 436 g/mol. The molecule has 2 aromatic rings. The Kier molecular flexibility index (Phi) is 5.95. The van der Waals surface area contributed by atoms with E-state index < -0.39 is 47.5 Å². The maximum atomic E-state index is 12.9. The second kappa shape index (κ2) is 8.29. The summed E-state index contributed by atoms with van der Waals surface area (Å²) >= 11 is 1.44. The molecule has 0 aromatic heterocycles. The van der Waals surface area contributed by atoms with Crippen LogP contribution in [0.3, 0.4) is 0 Å². The summed E-state index contributed by atoms with van der Waals surface area (Å²) in [6.45, 7) is 0.160. The van der Waals surface area contributed by atoms with Gasteiger partial charge in [0.25, 0.3) is 17.5 Å². The lowest BCUT2D eigenvalue weighted by Crippen LogP contribution is -2.83. The predicted molar refractivity (Wildman–Crippen MR) is 116 cm³/mol. The number of hydrogen-bond donors (Lipinski definition) is 6. The van der Waals surface area contributed by atoms with Gasteiger partial charge in [0, 0.05) is 16.6 Å². The van der Waals surface area contributed by atoms with Crippen LogP contribution in [-0.2, 0) is 14.3 Å². The number of nitrogens with one attached hydrogen (secondary N) is 2. The van der Waals surface area contributed by atoms with Crippen LogP contribution in [0.4, 0.5) is 0 Å². The molecule has 5 rings (SSSR count). The van der Waals surface area contributed by atoms with Crippen molar-refractivity contribution in [1.82, 2.24) is 10.6 Å². The highest BCUT2D eigenvalue weighted by molar-refractivity contribution is 7.99. The molecule has 172 valence electrons. The summed E-state index contributed by atoms with van der Waals surface area (Å²) in [5, 5.41) is 48.0. The number of amides is 2. The number of benzene rings is 2. The van der Waals surface area contributed by atoms with Crippen molar-refractivity contribution in [2.75, 3.05) is 19.0 Å². The summed E-state index contributed by atoms with van der Waals surface area (Å²) in [4.78, 5) is 26.7. The molecule has 0 saturated carbocycles. The average molecular weight is 463 g/mol. The summed E-state index contributed by atoms with van der Waals surface area (Å²) < 4.78 is 5.59. The fraction of sp³-hybridized carbons (Fsp3) is 0.455. The minimum absolute atomic E-state index is 0.0719. The third-order valence-electron chi connectivity index (χ3n) is 6.14. The summed E-state index contributed by atoms with van der Waals surface area (Å²) in [6.07, 6.45) is -1.77. The molecule has 0 aliphatic carbocycles. The Labute approximate surface area is 188 Å². The maximum absolute atomic E-state index is 12.9. The van der Waals surface area contributed by atoms with Crippen molar-refractivity contribution in [1.29, 1.82) is 0 Å². The molecule has 3 saturated heterocycles. The van der Waals surface area contributed by atoms with Gasteiger partial charge in [-0.3, -0.25) is 9.59 Å². The van der Waals surface area contributed by atoms with Crippen molar-refractivity contribution in [3.05, 3.63) is 42.5 Å². The molecule has 6 N–H and O–H groups in total. The Morgan fingerprint density at radius 2 is 1.91 bits per heavy atom. The van der Waals surface area contributed by atoms with E-state index in [4.69, 9.17) is 4.74 Å². The van der Waals surface area contributed by atoms with Gasteiger partial charge in [-0.25, -0.2) is 0 Å². The number of thioether (sulfide) groups is 1. The van der Waals surface area contributed by atoms with E-state index in [1.54, 1.807) is 0 Å². The van der Waals surface area contributed by atoms with Crippen LogP contribution in [0.25, 0.3) is 10.8 Å². The Morgan fingerprint density at radius 1 is 1.19 bits per heavy atom. The van der Waals surface area contributed by atoms with E-state index in [1.807, 2.05) is 42.5 Å². The zero-order valence-electron chi connectivity index (χ0n) is 17.4. The summed E-state index contributed by atoms with van der Waals surface area (Å²) in [6, 6.07) is 13.9. The molecule has 3 aliphatic rings. The number of aliphatic hydroxyl groups is 4. The van der Waals surface area contributed by atoms with Crippen molar-refractivity contribution < 1.29 is 34.8 Å². The van der Waals surface area contributed by atoms with Gasteiger partial charge in [0.1, 0.15) is 11.7 Å². The van der Waals surface area contributed by atoms with Crippen molar-refractivity contribution in [2.45, 2.75) is 41.4 Å². The van der Waals surface area contributed by atoms with Gasteiger partial charge >= 0.3 is 0 Å². The number of aliphatic hydroxyl groups excluding tert-OH is 2. The molecule has 3 fully saturated rings. The molecule has 0 radical (unpaired) electrons. The first-order valence-electron chi connectivity index (χ1n) is 10.3. The van der Waals surface area contributed by atoms with Gasteiger partial charge in [0.05, 0.1) is 13.2 Å². The van der Waals surface area contributed by atoms with Crippen LogP contribution in [0.5, 0.6) is 0 Å². The molecule has 0 spiro atoms. The summed E-state index contributed by atoms with van der Waals surface area (Å²) in [5.41, 5.74) is -6.67. The van der Waals surface area contributed by atoms with Gasteiger partial charge in [-0.15, -0.1) is 11.8 Å². The Bertz CT molecular complexity index is 1050. The summed E-state index contributed by atoms with van der Waals surface area (Å²) in [5.74, 6) is -2.32. The van der Waals surface area contributed by atoms with Crippen LogP contribution < -0.4 is 10.6 Å². The molecule has 3 aliphatic heterocycles. The van der Waals surface area contributed by atoms with Gasteiger partial charge in [0.15, 0.2) is 0 Å². The van der Waals surface area contributed by atoms with Crippen molar-refractivity contribution >= 4 is 34.3 Å². The Morgan fingerprint density at radius 3 is 2.62 bits per heavy atom. The fourth-order valence-corrected chi connectivity index (χ4v) is 5.23. The topological polar surface area (TPSA) is 148 Å². The van der Waals surface area contributed by atoms with Crippen LogP contribution >= 0.6 is 11.8 Å². The van der Waals surface area contributed by atoms with Crippen LogP contribution in [0.2, 0.25) is 0 Å². The lowest BCUT2D eigenvalue weighted by molar-refractivity contribution is -0.240. The van der Waals surface area contributed by atoms with E-state index in [2.05, 4.69) is 10.6 Å². The molecule has 5 atom stereocenters. The van der Waals surface area contributed by atoms with Gasteiger partial charge in [-0.2, -0.15) is 0 Å². The van der Waals surface area contributed by atoms with Crippen LogP contribution in [0, 0.1) is 5.92 Å². The lowest BCUT2D eigenvalue weighted by Gasteiger charge is -2.51. The van der Waals surface area contributed by atoms with Crippen molar-refractivity contribution in [3.63, 3.8) is 0 Å². The number of ether oxygens (including phenoxy) is 1. The molecule has 2 bridgehead atoms. The van der Waals surface area contributed by atoms with Crippen LogP contribution in [0.15, 0.2) is 47.4 Å². The number of fused-ring (bicyclic) bond motifs is 6. The minimum Gasteiger partial charge on any atom is -0.393 e. The number of hydrogen-bond acceptors (Lipinski definition) is 8. The second-order valence-electron chi connectivity index (χ2n) is 8.48. The first-order valence-corrected chi connectivity index (χ1v) is 11.3.